The molecule has 1 aliphatic heterocycles. The number of ether oxygens (including phenoxy) is 1. The number of hydrogen-bond donors (Lipinski definition) is 2. The highest BCUT2D eigenvalue weighted by Crippen LogP contribution is 2.31. The minimum atomic E-state index is -0.188. The van der Waals surface area contributed by atoms with Crippen LogP contribution in [0.3, 0.4) is 0 Å². The fourth-order valence-electron chi connectivity index (χ4n) is 2.07. The maximum absolute atomic E-state index is 11.9. The van der Waals surface area contributed by atoms with E-state index in [1.807, 2.05) is 28.3 Å². The van der Waals surface area contributed by atoms with E-state index < -0.39 is 0 Å². The van der Waals surface area contributed by atoms with Crippen molar-refractivity contribution in [1.29, 1.82) is 0 Å². The van der Waals surface area contributed by atoms with Gasteiger partial charge in [-0.15, -0.1) is 0 Å². The number of hydrogen-bond acceptors (Lipinski definition) is 3. The number of nitrogens with zero attached hydrogens (tertiary/aromatic N) is 1. The van der Waals surface area contributed by atoms with Gasteiger partial charge in [0.05, 0.1) is 12.5 Å². The first-order valence-corrected chi connectivity index (χ1v) is 7.50. The van der Waals surface area contributed by atoms with Crippen molar-refractivity contribution in [1.82, 2.24) is 0 Å². The van der Waals surface area contributed by atoms with E-state index in [4.69, 9.17) is 16.2 Å². The summed E-state index contributed by atoms with van der Waals surface area (Å²) >= 11 is 2.09. The van der Waals surface area contributed by atoms with Crippen LogP contribution in [0.2, 0.25) is 0 Å². The van der Waals surface area contributed by atoms with Crippen molar-refractivity contribution in [2.45, 2.75) is 25.3 Å². The lowest BCUT2D eigenvalue weighted by molar-refractivity contribution is -0.143. The molecule has 6 heteroatoms. The van der Waals surface area contributed by atoms with Crippen LogP contribution >= 0.6 is 22.6 Å². The number of rotatable bonds is 3. The van der Waals surface area contributed by atoms with Crippen molar-refractivity contribution in [2.75, 3.05) is 0 Å². The Hall–Kier alpha value is -1.57. The van der Waals surface area contributed by atoms with Gasteiger partial charge in [0.1, 0.15) is 5.76 Å². The highest BCUT2D eigenvalue weighted by atomic mass is 127. The summed E-state index contributed by atoms with van der Waals surface area (Å²) in [6.07, 6.45) is 1.57. The molecule has 0 aliphatic carbocycles. The Morgan fingerprint density at radius 1 is 1.40 bits per heavy atom. The second kappa shape index (κ2) is 6.74. The molecule has 5 nitrogen and oxygen atoms in total. The molecule has 20 heavy (non-hydrogen) atoms. The molecule has 1 saturated heterocycles. The zero-order chi connectivity index (χ0) is 14.5. The van der Waals surface area contributed by atoms with E-state index in [9.17, 15) is 4.79 Å². The van der Waals surface area contributed by atoms with Crippen LogP contribution in [0.5, 0.6) is 0 Å². The minimum absolute atomic E-state index is 0.0723. The monoisotopic (exact) mass is 385 g/mol. The highest BCUT2D eigenvalue weighted by Gasteiger charge is 2.28. The van der Waals surface area contributed by atoms with Crippen LogP contribution in [0.4, 0.5) is 0 Å². The molecule has 4 N–H and O–H groups in total. The van der Waals surface area contributed by atoms with Crippen LogP contribution in [0.25, 0.3) is 0 Å². The van der Waals surface area contributed by atoms with Gasteiger partial charge in [-0.3, -0.25) is 4.79 Å². The molecule has 2 rings (SSSR count). The third-order valence-corrected chi connectivity index (χ3v) is 3.84. The number of benzene rings is 1. The van der Waals surface area contributed by atoms with Gasteiger partial charge >= 0.3 is 5.97 Å². The van der Waals surface area contributed by atoms with Gasteiger partial charge in [-0.25, -0.2) is 4.99 Å². The molecule has 1 aliphatic rings. The third-order valence-electron chi connectivity index (χ3n) is 3.14. The number of cyclic esters (lactones) is 1. The van der Waals surface area contributed by atoms with Crippen LogP contribution in [0.1, 0.15) is 29.9 Å². The summed E-state index contributed by atoms with van der Waals surface area (Å²) in [4.78, 5) is 15.9. The quantitative estimate of drug-likeness (QED) is 0.361. The summed E-state index contributed by atoms with van der Waals surface area (Å²) < 4.78 is 7.08. The van der Waals surface area contributed by atoms with Crippen LogP contribution in [0, 0.1) is 0 Å². The summed E-state index contributed by atoms with van der Waals surface area (Å²) in [5, 5.41) is 0. The molecule has 106 valence electrons. The first kappa shape index (κ1) is 14.8. The molecule has 1 atom stereocenters. The lowest BCUT2D eigenvalue weighted by Gasteiger charge is -2.22. The average molecular weight is 385 g/mol. The average Bonchev–Trinajstić information content (AvgIpc) is 2.45. The number of guanidine groups is 1. The van der Waals surface area contributed by atoms with Gasteiger partial charge in [-0.2, -0.15) is 0 Å². The fourth-order valence-corrected chi connectivity index (χ4v) is 2.51. The topological polar surface area (TPSA) is 90.7 Å². The van der Waals surface area contributed by atoms with Gasteiger partial charge in [0.15, 0.2) is 5.96 Å². The van der Waals surface area contributed by atoms with E-state index in [0.29, 0.717) is 6.54 Å². The lowest BCUT2D eigenvalue weighted by Crippen LogP contribution is -2.22. The molecule has 1 aromatic carbocycles. The molecule has 1 heterocycles. The molecule has 1 aromatic rings. The molecule has 0 spiro atoms. The Morgan fingerprint density at radius 2 is 2.10 bits per heavy atom. The second-order valence-corrected chi connectivity index (χ2v) is 5.19. The molecular formula is C14H16IN3O2. The number of carbonyl (C=O) groups excluding carboxylic acids is 1. The third kappa shape index (κ3) is 3.72. The van der Waals surface area contributed by atoms with Crippen LogP contribution in [-0.4, -0.2) is 11.9 Å². The Balaban J connectivity index is 2.07. The van der Waals surface area contributed by atoms with Gasteiger partial charge in [0.25, 0.3) is 0 Å². The maximum Gasteiger partial charge on any atom is 0.318 e. The summed E-state index contributed by atoms with van der Waals surface area (Å²) in [6, 6.07) is 7.72. The number of nitrogens with two attached hydrogens (primary N) is 2. The Kier molecular flexibility index (Phi) is 4.99. The van der Waals surface area contributed by atoms with E-state index in [-0.39, 0.29) is 17.8 Å². The molecule has 0 amide bonds. The van der Waals surface area contributed by atoms with Gasteiger partial charge in [0, 0.05) is 10.5 Å². The molecular weight excluding hydrogens is 369 g/mol. The van der Waals surface area contributed by atoms with Crippen LogP contribution in [0.15, 0.2) is 39.1 Å². The second-order valence-electron chi connectivity index (χ2n) is 4.57. The predicted octanol–water partition coefficient (Wildman–Crippen LogP) is 2.16. The molecule has 0 bridgehead atoms. The van der Waals surface area contributed by atoms with Gasteiger partial charge < -0.3 is 16.2 Å². The van der Waals surface area contributed by atoms with Crippen molar-refractivity contribution in [3.8, 4) is 0 Å². The minimum Gasteiger partial charge on any atom is -0.430 e. The molecule has 1 fully saturated rings. The number of aliphatic imine (C=N–C) groups is 1. The van der Waals surface area contributed by atoms with Gasteiger partial charge in [-0.05, 0) is 40.1 Å². The number of carbonyl (C=O) groups is 1. The summed E-state index contributed by atoms with van der Waals surface area (Å²) in [7, 11) is 0. The number of esters is 1. The fraction of sp³-hybridized carbons (Fsp3) is 0.286. The Labute approximate surface area is 131 Å². The molecule has 0 radical (unpaired) electrons. The van der Waals surface area contributed by atoms with E-state index in [2.05, 4.69) is 27.6 Å². The van der Waals surface area contributed by atoms with Crippen molar-refractivity contribution in [3.63, 3.8) is 0 Å². The molecule has 1 unspecified atom stereocenters. The number of halogens is 1. The van der Waals surface area contributed by atoms with Crippen molar-refractivity contribution >= 4 is 34.5 Å². The van der Waals surface area contributed by atoms with E-state index >= 15 is 0 Å². The predicted molar refractivity (Wildman–Crippen MR) is 86.1 cm³/mol. The smallest absolute Gasteiger partial charge is 0.318 e. The van der Waals surface area contributed by atoms with Crippen molar-refractivity contribution in [2.24, 2.45) is 16.5 Å². The van der Waals surface area contributed by atoms with E-state index in [0.717, 1.165) is 29.7 Å². The normalized spacial score (nSPS) is 20.6. The molecule has 0 saturated carbocycles. The zero-order valence-electron chi connectivity index (χ0n) is 10.9. The first-order chi connectivity index (χ1) is 9.60. The number of allylic oxidation sites excluding steroid dienone is 1. The van der Waals surface area contributed by atoms with E-state index in [1.165, 1.54) is 0 Å². The van der Waals surface area contributed by atoms with Crippen molar-refractivity contribution in [3.05, 3.63) is 45.2 Å². The first-order valence-electron chi connectivity index (χ1n) is 6.25. The standard InChI is InChI=1S/C14H16IN3O2/c15-7-11-5-6-12(13(19)20-11)10-3-1-9(2-4-10)8-18-14(16)17/h1-4,7,12H,5-6,8H2,(H4,16,17,18)/b11-7-. The molecule has 0 aromatic heterocycles. The zero-order valence-corrected chi connectivity index (χ0v) is 13.0. The lowest BCUT2D eigenvalue weighted by atomic mass is 9.91. The van der Waals surface area contributed by atoms with Crippen LogP contribution < -0.4 is 11.5 Å². The Bertz CT molecular complexity index is 548. The summed E-state index contributed by atoms with van der Waals surface area (Å²) in [5.41, 5.74) is 12.6. The van der Waals surface area contributed by atoms with E-state index in [1.54, 1.807) is 0 Å². The van der Waals surface area contributed by atoms with Gasteiger partial charge in [0.2, 0.25) is 0 Å². The maximum atomic E-state index is 11.9. The SMILES string of the molecule is NC(N)=NCc1ccc(C2CC/C(=C/I)OC2=O)cc1. The van der Waals surface area contributed by atoms with Crippen LogP contribution in [-0.2, 0) is 16.1 Å². The van der Waals surface area contributed by atoms with Gasteiger partial charge in [-0.1, -0.05) is 24.3 Å². The largest absolute Gasteiger partial charge is 0.430 e. The highest BCUT2D eigenvalue weighted by molar-refractivity contribution is 14.1. The summed E-state index contributed by atoms with van der Waals surface area (Å²) in [6.45, 7) is 0.444. The van der Waals surface area contributed by atoms with Crippen molar-refractivity contribution < 1.29 is 9.53 Å². The Morgan fingerprint density at radius 3 is 2.65 bits per heavy atom. The summed E-state index contributed by atoms with van der Waals surface area (Å²) in [5.74, 6) is 0.447.